The Labute approximate surface area is 133 Å². The lowest BCUT2D eigenvalue weighted by Crippen LogP contribution is -2.32. The van der Waals surface area contributed by atoms with Crippen molar-refractivity contribution in [3.63, 3.8) is 0 Å². The van der Waals surface area contributed by atoms with Gasteiger partial charge in [0.1, 0.15) is 0 Å². The van der Waals surface area contributed by atoms with Gasteiger partial charge in [0.05, 0.1) is 15.7 Å². The van der Waals surface area contributed by atoms with Crippen molar-refractivity contribution in [2.75, 3.05) is 0 Å². The van der Waals surface area contributed by atoms with Crippen LogP contribution in [0.1, 0.15) is 43.5 Å². The lowest BCUT2D eigenvalue weighted by molar-refractivity contribution is 0.0692. The number of hydrogen-bond acceptors (Lipinski definition) is 3. The molecule has 1 fully saturated rings. The van der Waals surface area contributed by atoms with Crippen LogP contribution in [0.5, 0.6) is 0 Å². The normalized spacial score (nSPS) is 26.5. The van der Waals surface area contributed by atoms with E-state index in [1.54, 1.807) is 6.07 Å². The lowest BCUT2D eigenvalue weighted by atomic mass is 9.81. The molecule has 0 aromatic heterocycles. The second-order valence-corrected chi connectivity index (χ2v) is 8.99. The molecule has 0 heterocycles. The van der Waals surface area contributed by atoms with E-state index in [0.717, 1.165) is 6.42 Å². The van der Waals surface area contributed by atoms with Gasteiger partial charge in [-0.05, 0) is 49.3 Å². The molecule has 6 heteroatoms. The highest BCUT2D eigenvalue weighted by molar-refractivity contribution is 9.10. The van der Waals surface area contributed by atoms with Crippen molar-refractivity contribution in [1.29, 1.82) is 0 Å². The minimum atomic E-state index is -3.63. The molecule has 1 aromatic rings. The largest absolute Gasteiger partial charge is 0.478 e. The second kappa shape index (κ2) is 6.08. The van der Waals surface area contributed by atoms with Crippen LogP contribution in [0, 0.1) is 11.8 Å². The molecule has 0 spiro atoms. The highest BCUT2D eigenvalue weighted by Crippen LogP contribution is 2.36. The van der Waals surface area contributed by atoms with Gasteiger partial charge in [0.2, 0.25) is 0 Å². The van der Waals surface area contributed by atoms with Gasteiger partial charge in [-0.25, -0.2) is 13.2 Å². The topological polar surface area (TPSA) is 71.4 Å². The third-order valence-electron chi connectivity index (χ3n) is 4.47. The molecule has 0 aliphatic heterocycles. The van der Waals surface area contributed by atoms with E-state index in [0.29, 0.717) is 29.2 Å². The average Bonchev–Trinajstić information content (AvgIpc) is 2.41. The summed E-state index contributed by atoms with van der Waals surface area (Å²) >= 11 is 3.23. The molecule has 0 bridgehead atoms. The van der Waals surface area contributed by atoms with Crippen molar-refractivity contribution in [1.82, 2.24) is 0 Å². The number of hydrogen-bond donors (Lipinski definition) is 1. The molecule has 3 unspecified atom stereocenters. The first-order chi connectivity index (χ1) is 9.73. The molecule has 116 valence electrons. The van der Waals surface area contributed by atoms with Gasteiger partial charge in [0.25, 0.3) is 0 Å². The quantitative estimate of drug-likeness (QED) is 0.874. The minimum absolute atomic E-state index is 0.0730. The van der Waals surface area contributed by atoms with Crippen molar-refractivity contribution in [3.05, 3.63) is 28.2 Å². The Kier molecular flexibility index (Phi) is 4.78. The number of carboxylic acids is 1. The zero-order valence-electron chi connectivity index (χ0n) is 12.0. The average molecular weight is 375 g/mol. The van der Waals surface area contributed by atoms with E-state index in [9.17, 15) is 18.3 Å². The van der Waals surface area contributed by atoms with E-state index in [2.05, 4.69) is 29.8 Å². The molecule has 0 amide bonds. The first-order valence-electron chi connectivity index (χ1n) is 7.00. The Hall–Kier alpha value is -0.880. The third-order valence-corrected chi connectivity index (χ3v) is 7.22. The Morgan fingerprint density at radius 2 is 1.90 bits per heavy atom. The number of sulfone groups is 1. The van der Waals surface area contributed by atoms with Crippen molar-refractivity contribution in [2.24, 2.45) is 11.8 Å². The van der Waals surface area contributed by atoms with Gasteiger partial charge in [-0.2, -0.15) is 0 Å². The van der Waals surface area contributed by atoms with Crippen LogP contribution < -0.4 is 0 Å². The predicted molar refractivity (Wildman–Crippen MR) is 84.3 cm³/mol. The van der Waals surface area contributed by atoms with Crippen LogP contribution in [-0.4, -0.2) is 24.7 Å². The maximum Gasteiger partial charge on any atom is 0.337 e. The van der Waals surface area contributed by atoms with Crippen molar-refractivity contribution >= 4 is 31.7 Å². The first-order valence-corrected chi connectivity index (χ1v) is 9.34. The summed E-state index contributed by atoms with van der Waals surface area (Å²) in [4.78, 5) is 11.2. The van der Waals surface area contributed by atoms with Crippen LogP contribution in [0.15, 0.2) is 27.6 Å². The Balaban J connectivity index is 2.45. The molecule has 4 nitrogen and oxygen atoms in total. The van der Waals surface area contributed by atoms with Crippen LogP contribution in [0.25, 0.3) is 0 Å². The predicted octanol–water partition coefficient (Wildman–Crippen LogP) is 3.75. The smallest absolute Gasteiger partial charge is 0.337 e. The van der Waals surface area contributed by atoms with Crippen molar-refractivity contribution in [2.45, 2.75) is 43.3 Å². The summed E-state index contributed by atoms with van der Waals surface area (Å²) in [6, 6.07) is 4.30. The van der Waals surface area contributed by atoms with Gasteiger partial charge < -0.3 is 5.11 Å². The molecule has 2 rings (SSSR count). The molecular formula is C15H19BrO4S. The molecule has 21 heavy (non-hydrogen) atoms. The standard InChI is InChI=1S/C15H19BrO4S/c1-9-3-5-12(7-10(9)2)21(19,20)14-8-11(16)4-6-13(14)15(17)18/h4,6,8-10,12H,3,5,7H2,1-2H3,(H,17,18). The van der Waals surface area contributed by atoms with E-state index < -0.39 is 21.1 Å². The molecular weight excluding hydrogens is 356 g/mol. The van der Waals surface area contributed by atoms with Crippen LogP contribution in [0.3, 0.4) is 0 Å². The summed E-state index contributed by atoms with van der Waals surface area (Å²) in [5, 5.41) is 8.74. The van der Waals surface area contributed by atoms with Gasteiger partial charge in [-0.1, -0.05) is 29.8 Å². The maximum absolute atomic E-state index is 12.8. The molecule has 0 radical (unpaired) electrons. The summed E-state index contributed by atoms with van der Waals surface area (Å²) < 4.78 is 26.2. The fraction of sp³-hybridized carbons (Fsp3) is 0.533. The summed E-state index contributed by atoms with van der Waals surface area (Å²) in [6.45, 7) is 4.20. The van der Waals surface area contributed by atoms with Crippen molar-refractivity contribution in [3.8, 4) is 0 Å². The van der Waals surface area contributed by atoms with Crippen LogP contribution in [0.2, 0.25) is 0 Å². The highest BCUT2D eigenvalue weighted by atomic mass is 79.9. The molecule has 1 aromatic carbocycles. The van der Waals surface area contributed by atoms with Gasteiger partial charge in [-0.15, -0.1) is 0 Å². The summed E-state index contributed by atoms with van der Waals surface area (Å²) in [5.74, 6) is -0.366. The number of carbonyl (C=O) groups is 1. The van der Waals surface area contributed by atoms with Crippen LogP contribution >= 0.6 is 15.9 Å². The highest BCUT2D eigenvalue weighted by Gasteiger charge is 2.36. The Bertz CT molecular complexity index is 654. The lowest BCUT2D eigenvalue weighted by Gasteiger charge is -2.32. The molecule has 0 saturated heterocycles. The third kappa shape index (κ3) is 3.31. The summed E-state index contributed by atoms with van der Waals surface area (Å²) in [6.07, 6.45) is 2.05. The van der Waals surface area contributed by atoms with Crippen molar-refractivity contribution < 1.29 is 18.3 Å². The van der Waals surface area contributed by atoms with Gasteiger partial charge in [0.15, 0.2) is 9.84 Å². The van der Waals surface area contributed by atoms with Gasteiger partial charge >= 0.3 is 5.97 Å². The zero-order chi connectivity index (χ0) is 15.8. The summed E-state index contributed by atoms with van der Waals surface area (Å²) in [7, 11) is -3.63. The number of benzene rings is 1. The van der Waals surface area contributed by atoms with Crippen LogP contribution in [-0.2, 0) is 9.84 Å². The number of carboxylic acid groups (broad SMARTS) is 1. The van der Waals surface area contributed by atoms with E-state index in [1.165, 1.54) is 12.1 Å². The zero-order valence-corrected chi connectivity index (χ0v) is 14.4. The molecule has 3 atom stereocenters. The van der Waals surface area contributed by atoms with Gasteiger partial charge in [0, 0.05) is 4.47 Å². The first kappa shape index (κ1) is 16.5. The molecule has 1 aliphatic rings. The monoisotopic (exact) mass is 374 g/mol. The molecule has 1 N–H and O–H groups in total. The minimum Gasteiger partial charge on any atom is -0.478 e. The molecule has 1 saturated carbocycles. The van der Waals surface area contributed by atoms with E-state index >= 15 is 0 Å². The Morgan fingerprint density at radius 3 is 2.48 bits per heavy atom. The number of rotatable bonds is 3. The van der Waals surface area contributed by atoms with E-state index in [-0.39, 0.29) is 10.5 Å². The summed E-state index contributed by atoms with van der Waals surface area (Å²) in [5.41, 5.74) is -0.149. The van der Waals surface area contributed by atoms with Crippen LogP contribution in [0.4, 0.5) is 0 Å². The second-order valence-electron chi connectivity index (χ2n) is 5.88. The fourth-order valence-electron chi connectivity index (χ4n) is 2.87. The Morgan fingerprint density at radius 1 is 1.24 bits per heavy atom. The van der Waals surface area contributed by atoms with E-state index in [1.807, 2.05) is 0 Å². The number of halogens is 1. The number of aromatic carboxylic acids is 1. The molecule has 1 aliphatic carbocycles. The SMILES string of the molecule is CC1CCC(S(=O)(=O)c2cc(Br)ccc2C(=O)O)CC1C. The van der Waals surface area contributed by atoms with E-state index in [4.69, 9.17) is 0 Å². The fourth-order valence-corrected chi connectivity index (χ4v) is 5.50. The maximum atomic E-state index is 12.8. The van der Waals surface area contributed by atoms with Gasteiger partial charge in [-0.3, -0.25) is 0 Å².